The fourth-order valence-electron chi connectivity index (χ4n) is 1.30. The predicted molar refractivity (Wildman–Crippen MR) is 64.9 cm³/mol. The Kier molecular flexibility index (Phi) is 3.15. The first-order valence-corrected chi connectivity index (χ1v) is 5.30. The van der Waals surface area contributed by atoms with Gasteiger partial charge in [0.05, 0.1) is 5.69 Å². The number of halogens is 2. The molecule has 0 saturated carbocycles. The Morgan fingerprint density at radius 2 is 2.06 bits per heavy atom. The molecule has 0 unspecified atom stereocenters. The van der Waals surface area contributed by atoms with Crippen LogP contribution in [0, 0.1) is 12.7 Å². The lowest BCUT2D eigenvalue weighted by Gasteiger charge is -2.09. The van der Waals surface area contributed by atoms with Crippen LogP contribution in [0.4, 0.5) is 10.1 Å². The predicted octanol–water partition coefficient (Wildman–Crippen LogP) is 3.56. The van der Waals surface area contributed by atoms with Crippen molar-refractivity contribution in [2.24, 2.45) is 0 Å². The number of hydrogen-bond donors (Lipinski definition) is 1. The maximum absolute atomic E-state index is 13.1. The molecule has 5 heteroatoms. The zero-order valence-electron chi connectivity index (χ0n) is 9.08. The van der Waals surface area contributed by atoms with E-state index in [0.29, 0.717) is 11.4 Å². The van der Waals surface area contributed by atoms with Crippen LogP contribution in [0.25, 0.3) is 0 Å². The van der Waals surface area contributed by atoms with Crippen LogP contribution in [0.15, 0.2) is 30.3 Å². The Bertz CT molecular complexity index is 511. The van der Waals surface area contributed by atoms with Crippen LogP contribution in [-0.4, -0.2) is 4.98 Å². The number of hydrogen-bond acceptors (Lipinski definition) is 3. The van der Waals surface area contributed by atoms with E-state index in [9.17, 15) is 4.39 Å². The van der Waals surface area contributed by atoms with Crippen LogP contribution in [-0.2, 0) is 0 Å². The fraction of sp³-hybridized carbons (Fsp3) is 0.0833. The summed E-state index contributed by atoms with van der Waals surface area (Å²) in [6.07, 6.45) is 0. The normalized spacial score (nSPS) is 10.3. The van der Waals surface area contributed by atoms with Gasteiger partial charge in [0, 0.05) is 6.07 Å². The first kappa shape index (κ1) is 11.7. The lowest BCUT2D eigenvalue weighted by molar-refractivity contribution is 0.457. The first-order chi connectivity index (χ1) is 8.06. The van der Waals surface area contributed by atoms with Crippen molar-refractivity contribution in [3.8, 4) is 11.6 Å². The minimum absolute atomic E-state index is 0.172. The van der Waals surface area contributed by atoms with Crippen molar-refractivity contribution in [1.29, 1.82) is 0 Å². The van der Waals surface area contributed by atoms with Gasteiger partial charge in [0.1, 0.15) is 16.7 Å². The van der Waals surface area contributed by atoms with Gasteiger partial charge in [-0.2, -0.15) is 4.98 Å². The van der Waals surface area contributed by atoms with Crippen LogP contribution in [0.3, 0.4) is 0 Å². The molecule has 0 atom stereocenters. The lowest BCUT2D eigenvalue weighted by Crippen LogP contribution is -1.96. The van der Waals surface area contributed by atoms with Crippen LogP contribution in [0.5, 0.6) is 11.6 Å². The molecule has 1 aromatic carbocycles. The summed E-state index contributed by atoms with van der Waals surface area (Å²) in [5, 5.41) is 0.267. The van der Waals surface area contributed by atoms with E-state index in [-0.39, 0.29) is 16.9 Å². The summed E-state index contributed by atoms with van der Waals surface area (Å²) in [6, 6.07) is 7.39. The van der Waals surface area contributed by atoms with E-state index in [1.807, 2.05) is 0 Å². The average Bonchev–Trinajstić information content (AvgIpc) is 2.28. The number of rotatable bonds is 2. The number of pyridine rings is 1. The third kappa shape index (κ3) is 2.65. The van der Waals surface area contributed by atoms with Crippen LogP contribution in [0.2, 0.25) is 5.15 Å². The van der Waals surface area contributed by atoms with E-state index in [0.717, 1.165) is 5.56 Å². The minimum Gasteiger partial charge on any atom is -0.437 e. The zero-order valence-corrected chi connectivity index (χ0v) is 9.83. The Hall–Kier alpha value is -1.81. The molecule has 2 rings (SSSR count). The van der Waals surface area contributed by atoms with Gasteiger partial charge >= 0.3 is 0 Å². The van der Waals surface area contributed by atoms with Crippen LogP contribution in [0.1, 0.15) is 5.56 Å². The molecule has 0 aliphatic rings. The van der Waals surface area contributed by atoms with Gasteiger partial charge in [0.25, 0.3) is 0 Å². The fourth-order valence-corrected chi connectivity index (χ4v) is 1.44. The van der Waals surface area contributed by atoms with E-state index in [1.165, 1.54) is 12.1 Å². The number of nitrogens with two attached hydrogens (primary N) is 1. The van der Waals surface area contributed by atoms with Crippen molar-refractivity contribution >= 4 is 17.3 Å². The van der Waals surface area contributed by atoms with E-state index < -0.39 is 0 Å². The summed E-state index contributed by atoms with van der Waals surface area (Å²) in [5.41, 5.74) is 6.82. The number of anilines is 1. The summed E-state index contributed by atoms with van der Waals surface area (Å²) in [5.74, 6) is 0.156. The molecule has 3 nitrogen and oxygen atoms in total. The van der Waals surface area contributed by atoms with Gasteiger partial charge < -0.3 is 10.5 Å². The van der Waals surface area contributed by atoms with Crippen molar-refractivity contribution < 1.29 is 9.13 Å². The summed E-state index contributed by atoms with van der Waals surface area (Å²) < 4.78 is 18.5. The van der Waals surface area contributed by atoms with E-state index in [4.69, 9.17) is 22.1 Å². The standard InChI is InChI=1S/C12H10ClFN2O/c1-7-2-3-8(14)6-10(7)17-12-9(15)4-5-11(13)16-12/h2-6H,15H2,1H3. The van der Waals surface area contributed by atoms with E-state index in [2.05, 4.69) is 4.98 Å². The number of aromatic nitrogens is 1. The number of benzene rings is 1. The molecule has 0 amide bonds. The van der Waals surface area contributed by atoms with Crippen molar-refractivity contribution in [2.75, 3.05) is 5.73 Å². The number of aryl methyl sites for hydroxylation is 1. The van der Waals surface area contributed by atoms with Crippen LogP contribution < -0.4 is 10.5 Å². The molecule has 0 fully saturated rings. The number of ether oxygens (including phenoxy) is 1. The van der Waals surface area contributed by atoms with Gasteiger partial charge in [0.2, 0.25) is 5.88 Å². The average molecular weight is 253 g/mol. The monoisotopic (exact) mass is 252 g/mol. The first-order valence-electron chi connectivity index (χ1n) is 4.92. The Balaban J connectivity index is 2.37. The summed E-state index contributed by atoms with van der Waals surface area (Å²) >= 11 is 5.73. The minimum atomic E-state index is -0.383. The smallest absolute Gasteiger partial charge is 0.244 e. The maximum Gasteiger partial charge on any atom is 0.244 e. The Labute approximate surface area is 103 Å². The topological polar surface area (TPSA) is 48.1 Å². The second kappa shape index (κ2) is 4.59. The number of nitrogen functional groups attached to an aromatic ring is 1. The molecule has 17 heavy (non-hydrogen) atoms. The van der Waals surface area contributed by atoms with Crippen molar-refractivity contribution in [3.63, 3.8) is 0 Å². The van der Waals surface area contributed by atoms with Crippen molar-refractivity contribution in [2.45, 2.75) is 6.92 Å². The molecular formula is C12H10ClFN2O. The second-order valence-corrected chi connectivity index (χ2v) is 3.93. The van der Waals surface area contributed by atoms with Gasteiger partial charge in [-0.05, 0) is 30.7 Å². The highest BCUT2D eigenvalue weighted by Gasteiger charge is 2.08. The lowest BCUT2D eigenvalue weighted by atomic mass is 10.2. The summed E-state index contributed by atoms with van der Waals surface area (Å²) in [7, 11) is 0. The largest absolute Gasteiger partial charge is 0.437 e. The molecule has 1 aromatic heterocycles. The number of nitrogens with zero attached hydrogens (tertiary/aromatic N) is 1. The summed E-state index contributed by atoms with van der Waals surface area (Å²) in [4.78, 5) is 3.93. The van der Waals surface area contributed by atoms with Gasteiger partial charge in [0.15, 0.2) is 0 Å². The molecule has 0 radical (unpaired) electrons. The molecule has 0 bridgehead atoms. The van der Waals surface area contributed by atoms with Gasteiger partial charge in [-0.3, -0.25) is 0 Å². The highest BCUT2D eigenvalue weighted by molar-refractivity contribution is 6.29. The Morgan fingerprint density at radius 1 is 1.29 bits per heavy atom. The van der Waals surface area contributed by atoms with Crippen molar-refractivity contribution in [3.05, 3.63) is 46.9 Å². The molecule has 0 spiro atoms. The highest BCUT2D eigenvalue weighted by Crippen LogP contribution is 2.29. The van der Waals surface area contributed by atoms with Gasteiger partial charge in [-0.25, -0.2) is 4.39 Å². The highest BCUT2D eigenvalue weighted by atomic mass is 35.5. The molecule has 2 N–H and O–H groups in total. The molecule has 88 valence electrons. The van der Waals surface area contributed by atoms with Gasteiger partial charge in [-0.15, -0.1) is 0 Å². The molecule has 0 aliphatic carbocycles. The summed E-state index contributed by atoms with van der Waals surface area (Å²) in [6.45, 7) is 1.80. The SMILES string of the molecule is Cc1ccc(F)cc1Oc1nc(Cl)ccc1N. The quantitative estimate of drug-likeness (QED) is 0.832. The van der Waals surface area contributed by atoms with E-state index >= 15 is 0 Å². The van der Waals surface area contributed by atoms with Gasteiger partial charge in [-0.1, -0.05) is 17.7 Å². The van der Waals surface area contributed by atoms with Crippen LogP contribution >= 0.6 is 11.6 Å². The van der Waals surface area contributed by atoms with E-state index in [1.54, 1.807) is 25.1 Å². The molecule has 1 heterocycles. The third-order valence-corrected chi connectivity index (χ3v) is 2.42. The van der Waals surface area contributed by atoms with Crippen molar-refractivity contribution in [1.82, 2.24) is 4.98 Å². The second-order valence-electron chi connectivity index (χ2n) is 3.54. The molecule has 2 aromatic rings. The third-order valence-electron chi connectivity index (χ3n) is 2.21. The molecular weight excluding hydrogens is 243 g/mol. The zero-order chi connectivity index (χ0) is 12.4. The Morgan fingerprint density at radius 3 is 2.82 bits per heavy atom. The maximum atomic E-state index is 13.1. The molecule has 0 aliphatic heterocycles. The molecule has 0 saturated heterocycles.